The Kier molecular flexibility index (Phi) is 3.93. The molecule has 118 valence electrons. The van der Waals surface area contributed by atoms with Gasteiger partial charge in [-0.3, -0.25) is 4.90 Å². The molecular formula is C17H19N5S. The lowest BCUT2D eigenvalue weighted by Crippen LogP contribution is -2.33. The quantitative estimate of drug-likeness (QED) is 0.740. The topological polar surface area (TPSA) is 46.8 Å². The van der Waals surface area contributed by atoms with Gasteiger partial charge in [-0.1, -0.05) is 30.3 Å². The predicted molar refractivity (Wildman–Crippen MR) is 90.2 cm³/mol. The van der Waals surface area contributed by atoms with E-state index >= 15 is 0 Å². The number of rotatable bonds is 4. The van der Waals surface area contributed by atoms with Crippen molar-refractivity contribution in [1.82, 2.24) is 24.6 Å². The first-order valence-corrected chi connectivity index (χ1v) is 8.74. The first kappa shape index (κ1) is 14.5. The largest absolute Gasteiger partial charge is 0.313 e. The van der Waals surface area contributed by atoms with Gasteiger partial charge in [-0.05, 0) is 12.5 Å². The highest BCUT2D eigenvalue weighted by Gasteiger charge is 2.20. The van der Waals surface area contributed by atoms with E-state index < -0.39 is 0 Å². The van der Waals surface area contributed by atoms with Gasteiger partial charge in [0.2, 0.25) is 0 Å². The molecule has 0 N–H and O–H groups in total. The van der Waals surface area contributed by atoms with Crippen molar-refractivity contribution in [2.24, 2.45) is 0 Å². The van der Waals surface area contributed by atoms with E-state index in [1.165, 1.54) is 10.6 Å². The molecule has 23 heavy (non-hydrogen) atoms. The molecule has 0 bridgehead atoms. The van der Waals surface area contributed by atoms with Crippen molar-refractivity contribution in [2.45, 2.75) is 33.0 Å². The second-order valence-corrected chi connectivity index (χ2v) is 6.86. The molecule has 0 atom stereocenters. The van der Waals surface area contributed by atoms with Crippen LogP contribution in [0, 0.1) is 6.92 Å². The molecular weight excluding hydrogens is 306 g/mol. The summed E-state index contributed by atoms with van der Waals surface area (Å²) in [6.45, 7) is 5.75. The van der Waals surface area contributed by atoms with Crippen LogP contribution in [0.1, 0.15) is 27.9 Å². The minimum atomic E-state index is 0.854. The van der Waals surface area contributed by atoms with Gasteiger partial charge in [0.05, 0.1) is 17.2 Å². The predicted octanol–water partition coefficient (Wildman–Crippen LogP) is 2.65. The Hall–Kier alpha value is -2.05. The van der Waals surface area contributed by atoms with Gasteiger partial charge in [-0.25, -0.2) is 4.98 Å². The summed E-state index contributed by atoms with van der Waals surface area (Å²) in [7, 11) is 0. The average Bonchev–Trinajstić information content (AvgIpc) is 3.15. The number of nitrogens with zero attached hydrogens (tertiary/aromatic N) is 5. The lowest BCUT2D eigenvalue weighted by atomic mass is 10.2. The Morgan fingerprint density at radius 1 is 1.13 bits per heavy atom. The normalized spacial score (nSPS) is 14.8. The zero-order valence-electron chi connectivity index (χ0n) is 13.1. The van der Waals surface area contributed by atoms with Crippen molar-refractivity contribution in [3.63, 3.8) is 0 Å². The van der Waals surface area contributed by atoms with Crippen molar-refractivity contribution < 1.29 is 0 Å². The summed E-state index contributed by atoms with van der Waals surface area (Å²) in [5, 5.41) is 11.8. The lowest BCUT2D eigenvalue weighted by molar-refractivity contribution is 0.206. The van der Waals surface area contributed by atoms with Crippen LogP contribution in [0.15, 0.2) is 35.7 Å². The molecule has 2 aromatic heterocycles. The monoisotopic (exact) mass is 325 g/mol. The van der Waals surface area contributed by atoms with Crippen LogP contribution in [0.25, 0.3) is 0 Å². The Morgan fingerprint density at radius 3 is 2.87 bits per heavy atom. The van der Waals surface area contributed by atoms with Crippen LogP contribution in [-0.2, 0) is 26.1 Å². The molecule has 0 radical (unpaired) electrons. The van der Waals surface area contributed by atoms with E-state index in [1.807, 2.05) is 13.0 Å². The standard InChI is InChI=1S/C17H19N5S/c1-13-19-20-16-11-21(7-8-22(13)16)10-15-12-23-17(18-15)9-14-5-3-2-4-6-14/h2-6,12H,7-11H2,1H3. The number of hydrogen-bond donors (Lipinski definition) is 0. The summed E-state index contributed by atoms with van der Waals surface area (Å²) < 4.78 is 2.21. The molecule has 1 aliphatic rings. The van der Waals surface area contributed by atoms with Gasteiger partial charge in [-0.15, -0.1) is 21.5 Å². The molecule has 0 spiro atoms. The van der Waals surface area contributed by atoms with Gasteiger partial charge in [0, 0.05) is 31.4 Å². The number of fused-ring (bicyclic) bond motifs is 1. The maximum absolute atomic E-state index is 4.79. The summed E-state index contributed by atoms with van der Waals surface area (Å²) in [5.74, 6) is 2.08. The average molecular weight is 325 g/mol. The third kappa shape index (κ3) is 3.18. The van der Waals surface area contributed by atoms with Crippen LogP contribution in [0.5, 0.6) is 0 Å². The summed E-state index contributed by atoms with van der Waals surface area (Å²) in [6, 6.07) is 10.5. The van der Waals surface area contributed by atoms with Crippen molar-refractivity contribution in [3.8, 4) is 0 Å². The molecule has 3 heterocycles. The van der Waals surface area contributed by atoms with Gasteiger partial charge >= 0.3 is 0 Å². The van der Waals surface area contributed by atoms with Crippen LogP contribution < -0.4 is 0 Å². The van der Waals surface area contributed by atoms with Gasteiger partial charge in [0.1, 0.15) is 11.6 Å². The van der Waals surface area contributed by atoms with Crippen molar-refractivity contribution >= 4 is 11.3 Å². The zero-order chi connectivity index (χ0) is 15.6. The third-order valence-corrected chi connectivity index (χ3v) is 5.10. The lowest BCUT2D eigenvalue weighted by Gasteiger charge is -2.26. The Morgan fingerprint density at radius 2 is 2.00 bits per heavy atom. The van der Waals surface area contributed by atoms with E-state index in [2.05, 4.69) is 49.3 Å². The molecule has 4 rings (SSSR count). The van der Waals surface area contributed by atoms with E-state index in [4.69, 9.17) is 4.98 Å². The van der Waals surface area contributed by atoms with Crippen LogP contribution in [0.4, 0.5) is 0 Å². The number of thiazole rings is 1. The fourth-order valence-corrected chi connectivity index (χ4v) is 3.81. The highest BCUT2D eigenvalue weighted by atomic mass is 32.1. The van der Waals surface area contributed by atoms with Gasteiger partial charge in [0.15, 0.2) is 0 Å². The van der Waals surface area contributed by atoms with Crippen LogP contribution in [0.2, 0.25) is 0 Å². The van der Waals surface area contributed by atoms with Crippen molar-refractivity contribution in [1.29, 1.82) is 0 Å². The number of aromatic nitrogens is 4. The SMILES string of the molecule is Cc1nnc2n1CCN(Cc1csc(Cc3ccccc3)n1)C2. The zero-order valence-corrected chi connectivity index (χ0v) is 14.0. The Bertz CT molecular complexity index is 792. The smallest absolute Gasteiger partial charge is 0.147 e. The fourth-order valence-electron chi connectivity index (χ4n) is 2.99. The highest BCUT2D eigenvalue weighted by Crippen LogP contribution is 2.18. The Balaban J connectivity index is 1.40. The molecule has 0 saturated heterocycles. The molecule has 1 aromatic carbocycles. The van der Waals surface area contributed by atoms with E-state index in [0.29, 0.717) is 0 Å². The van der Waals surface area contributed by atoms with E-state index in [-0.39, 0.29) is 0 Å². The second-order valence-electron chi connectivity index (χ2n) is 5.92. The van der Waals surface area contributed by atoms with E-state index in [0.717, 1.165) is 49.9 Å². The first-order valence-electron chi connectivity index (χ1n) is 7.86. The number of aryl methyl sites for hydroxylation is 1. The van der Waals surface area contributed by atoms with Gasteiger partial charge in [0.25, 0.3) is 0 Å². The summed E-state index contributed by atoms with van der Waals surface area (Å²) in [5.41, 5.74) is 2.47. The third-order valence-electron chi connectivity index (χ3n) is 4.20. The minimum absolute atomic E-state index is 0.854. The highest BCUT2D eigenvalue weighted by molar-refractivity contribution is 7.09. The molecule has 0 aliphatic carbocycles. The van der Waals surface area contributed by atoms with Crippen molar-refractivity contribution in [3.05, 3.63) is 63.6 Å². The molecule has 0 fully saturated rings. The van der Waals surface area contributed by atoms with Gasteiger partial charge < -0.3 is 4.57 Å². The summed E-state index contributed by atoms with van der Waals surface area (Å²) in [4.78, 5) is 7.19. The maximum Gasteiger partial charge on any atom is 0.147 e. The second kappa shape index (κ2) is 6.22. The van der Waals surface area contributed by atoms with Crippen LogP contribution >= 0.6 is 11.3 Å². The Labute approximate surface area is 139 Å². The summed E-state index contributed by atoms with van der Waals surface area (Å²) >= 11 is 1.75. The molecule has 0 saturated carbocycles. The van der Waals surface area contributed by atoms with Crippen LogP contribution in [-0.4, -0.2) is 31.2 Å². The fraction of sp³-hybridized carbons (Fsp3) is 0.353. The molecule has 1 aliphatic heterocycles. The molecule has 5 nitrogen and oxygen atoms in total. The van der Waals surface area contributed by atoms with Crippen molar-refractivity contribution in [2.75, 3.05) is 6.54 Å². The number of hydrogen-bond acceptors (Lipinski definition) is 5. The minimum Gasteiger partial charge on any atom is -0.313 e. The van der Waals surface area contributed by atoms with Crippen LogP contribution in [0.3, 0.4) is 0 Å². The molecule has 3 aromatic rings. The summed E-state index contributed by atoms with van der Waals surface area (Å²) in [6.07, 6.45) is 0.916. The van der Waals surface area contributed by atoms with E-state index in [1.54, 1.807) is 11.3 Å². The maximum atomic E-state index is 4.79. The van der Waals surface area contributed by atoms with Gasteiger partial charge in [-0.2, -0.15) is 0 Å². The molecule has 6 heteroatoms. The molecule has 0 amide bonds. The van der Waals surface area contributed by atoms with E-state index in [9.17, 15) is 0 Å². The first-order chi connectivity index (χ1) is 11.3. The number of benzene rings is 1. The molecule has 0 unspecified atom stereocenters.